The molecule has 23 heavy (non-hydrogen) atoms. The minimum atomic E-state index is -0.138. The SMILES string of the molecule is CN(C=O)C1=C(C(=O)N(C)CCCC/C(C=N)=N/N)N(C)CN1. The summed E-state index contributed by atoms with van der Waals surface area (Å²) in [5.41, 5.74) is 1.02. The monoisotopic (exact) mass is 323 g/mol. The van der Waals surface area contributed by atoms with E-state index in [4.69, 9.17) is 11.3 Å². The number of hydrogen-bond acceptors (Lipinski definition) is 7. The predicted octanol–water partition coefficient (Wildman–Crippen LogP) is -0.671. The molecule has 1 aliphatic rings. The van der Waals surface area contributed by atoms with Gasteiger partial charge in [0.1, 0.15) is 11.5 Å². The van der Waals surface area contributed by atoms with Crippen molar-refractivity contribution in [3.05, 3.63) is 11.5 Å². The summed E-state index contributed by atoms with van der Waals surface area (Å²) < 4.78 is 0. The molecule has 0 unspecified atom stereocenters. The van der Waals surface area contributed by atoms with Gasteiger partial charge in [-0.25, -0.2) is 0 Å². The molecule has 0 aliphatic carbocycles. The molecule has 0 aromatic carbocycles. The van der Waals surface area contributed by atoms with Crippen LogP contribution < -0.4 is 11.2 Å². The van der Waals surface area contributed by atoms with Gasteiger partial charge in [0.05, 0.1) is 12.4 Å². The number of unbranched alkanes of at least 4 members (excludes halogenated alkanes) is 1. The van der Waals surface area contributed by atoms with Crippen LogP contribution in [0.3, 0.4) is 0 Å². The maximum Gasteiger partial charge on any atom is 0.273 e. The molecule has 1 aliphatic heterocycles. The molecule has 0 saturated carbocycles. The topological polar surface area (TPSA) is 118 Å². The van der Waals surface area contributed by atoms with E-state index >= 15 is 0 Å². The third kappa shape index (κ3) is 4.70. The minimum absolute atomic E-state index is 0.138. The van der Waals surface area contributed by atoms with Gasteiger partial charge in [-0.1, -0.05) is 0 Å². The van der Waals surface area contributed by atoms with Crippen LogP contribution in [0.1, 0.15) is 19.3 Å². The Labute approximate surface area is 136 Å². The lowest BCUT2D eigenvalue weighted by molar-refractivity contribution is -0.127. The number of nitrogens with one attached hydrogen (secondary N) is 2. The quantitative estimate of drug-likeness (QED) is 0.171. The van der Waals surface area contributed by atoms with E-state index in [0.717, 1.165) is 19.1 Å². The van der Waals surface area contributed by atoms with E-state index in [-0.39, 0.29) is 5.91 Å². The Kier molecular flexibility index (Phi) is 7.04. The Morgan fingerprint density at radius 1 is 1.48 bits per heavy atom. The van der Waals surface area contributed by atoms with Crippen molar-refractivity contribution in [1.29, 1.82) is 5.41 Å². The Morgan fingerprint density at radius 2 is 2.17 bits per heavy atom. The summed E-state index contributed by atoms with van der Waals surface area (Å²) in [6.07, 6.45) is 3.99. The van der Waals surface area contributed by atoms with Gasteiger partial charge in [0.25, 0.3) is 5.91 Å². The molecule has 9 heteroatoms. The fraction of sp³-hybridized carbons (Fsp3) is 0.571. The summed E-state index contributed by atoms with van der Waals surface area (Å²) in [5, 5.41) is 13.7. The normalized spacial score (nSPS) is 14.6. The lowest BCUT2D eigenvalue weighted by Crippen LogP contribution is -2.35. The molecular weight excluding hydrogens is 298 g/mol. The fourth-order valence-electron chi connectivity index (χ4n) is 2.26. The summed E-state index contributed by atoms with van der Waals surface area (Å²) in [7, 11) is 5.13. The van der Waals surface area contributed by atoms with Crippen molar-refractivity contribution in [2.75, 3.05) is 34.4 Å². The van der Waals surface area contributed by atoms with Crippen molar-refractivity contribution in [2.45, 2.75) is 19.3 Å². The van der Waals surface area contributed by atoms with Crippen molar-refractivity contribution < 1.29 is 9.59 Å². The van der Waals surface area contributed by atoms with E-state index in [1.54, 1.807) is 30.9 Å². The van der Waals surface area contributed by atoms with E-state index < -0.39 is 0 Å². The summed E-state index contributed by atoms with van der Waals surface area (Å²) in [4.78, 5) is 28.3. The van der Waals surface area contributed by atoms with Crippen LogP contribution in [0, 0.1) is 5.41 Å². The van der Waals surface area contributed by atoms with Crippen LogP contribution in [0.25, 0.3) is 0 Å². The van der Waals surface area contributed by atoms with Gasteiger partial charge in [-0.3, -0.25) is 9.59 Å². The van der Waals surface area contributed by atoms with Crippen LogP contribution in [-0.2, 0) is 9.59 Å². The number of nitrogens with two attached hydrogens (primary N) is 1. The third-order valence-corrected chi connectivity index (χ3v) is 3.66. The Bertz CT molecular complexity index is 515. The molecule has 1 heterocycles. The molecule has 0 saturated heterocycles. The maximum atomic E-state index is 12.6. The largest absolute Gasteiger partial charge is 0.352 e. The molecule has 0 fully saturated rings. The first kappa shape index (κ1) is 18.5. The Balaban J connectivity index is 2.61. The number of likely N-dealkylation sites (N-methyl/N-ethyl adjacent to an activating group) is 2. The molecule has 2 amide bonds. The zero-order valence-corrected chi connectivity index (χ0v) is 13.9. The second kappa shape index (κ2) is 8.76. The predicted molar refractivity (Wildman–Crippen MR) is 88.5 cm³/mol. The highest BCUT2D eigenvalue weighted by Gasteiger charge is 2.29. The molecular formula is C14H25N7O2. The van der Waals surface area contributed by atoms with Gasteiger partial charge >= 0.3 is 0 Å². The van der Waals surface area contributed by atoms with Crippen molar-refractivity contribution in [3.8, 4) is 0 Å². The van der Waals surface area contributed by atoms with Gasteiger partial charge in [-0.05, 0) is 19.3 Å². The molecule has 1 rings (SSSR count). The fourth-order valence-corrected chi connectivity index (χ4v) is 2.26. The zero-order valence-electron chi connectivity index (χ0n) is 13.9. The first-order valence-electron chi connectivity index (χ1n) is 7.36. The number of amides is 2. The number of hydrazone groups is 1. The van der Waals surface area contributed by atoms with Crippen LogP contribution in [0.15, 0.2) is 16.6 Å². The zero-order chi connectivity index (χ0) is 17.4. The first-order chi connectivity index (χ1) is 11.0. The highest BCUT2D eigenvalue weighted by atomic mass is 16.2. The average molecular weight is 323 g/mol. The number of rotatable bonds is 9. The van der Waals surface area contributed by atoms with Crippen LogP contribution in [0.2, 0.25) is 0 Å². The molecule has 128 valence electrons. The van der Waals surface area contributed by atoms with Gasteiger partial charge in [0.2, 0.25) is 6.41 Å². The number of carbonyl (C=O) groups is 2. The van der Waals surface area contributed by atoms with Gasteiger partial charge in [0, 0.05) is 33.9 Å². The number of carbonyl (C=O) groups excluding carboxylic acids is 2. The molecule has 9 nitrogen and oxygen atoms in total. The number of hydrogen-bond donors (Lipinski definition) is 3. The molecule has 4 N–H and O–H groups in total. The molecule has 0 aromatic heterocycles. The lowest BCUT2D eigenvalue weighted by atomic mass is 10.1. The van der Waals surface area contributed by atoms with E-state index in [1.807, 2.05) is 0 Å². The first-order valence-corrected chi connectivity index (χ1v) is 7.36. The molecule has 0 radical (unpaired) electrons. The smallest absolute Gasteiger partial charge is 0.273 e. The van der Waals surface area contributed by atoms with Crippen molar-refractivity contribution in [2.24, 2.45) is 10.9 Å². The van der Waals surface area contributed by atoms with Gasteiger partial charge in [-0.15, -0.1) is 0 Å². The standard InChI is InChI=1S/C14H25N7O2/c1-19(7-5-4-6-11(8-15)18-16)14(23)12-13(21(3)10-22)17-9-20(12)2/h8,10,15,17H,4-7,9,16H2,1-3H3/b15-8?,18-11-. The van der Waals surface area contributed by atoms with E-state index in [2.05, 4.69) is 10.4 Å². The third-order valence-electron chi connectivity index (χ3n) is 3.66. The average Bonchev–Trinajstić information content (AvgIpc) is 2.94. The van der Waals surface area contributed by atoms with Crippen LogP contribution in [0.4, 0.5) is 0 Å². The Hall–Kier alpha value is -2.58. The van der Waals surface area contributed by atoms with Crippen LogP contribution in [0.5, 0.6) is 0 Å². The van der Waals surface area contributed by atoms with Crippen molar-refractivity contribution >= 4 is 24.2 Å². The summed E-state index contributed by atoms with van der Waals surface area (Å²) in [5.74, 6) is 5.53. The van der Waals surface area contributed by atoms with Gasteiger partial charge in [0.15, 0.2) is 0 Å². The highest BCUT2D eigenvalue weighted by molar-refractivity contribution is 6.29. The Morgan fingerprint density at radius 3 is 2.74 bits per heavy atom. The van der Waals surface area contributed by atoms with E-state index in [0.29, 0.717) is 43.3 Å². The van der Waals surface area contributed by atoms with Gasteiger partial charge in [-0.2, -0.15) is 5.10 Å². The highest BCUT2D eigenvalue weighted by Crippen LogP contribution is 2.17. The van der Waals surface area contributed by atoms with E-state index in [9.17, 15) is 9.59 Å². The molecule has 0 atom stereocenters. The maximum absolute atomic E-state index is 12.6. The minimum Gasteiger partial charge on any atom is -0.352 e. The molecule has 0 aromatic rings. The number of nitrogens with zero attached hydrogens (tertiary/aromatic N) is 4. The molecule has 0 spiro atoms. The molecule has 0 bridgehead atoms. The van der Waals surface area contributed by atoms with E-state index in [1.165, 1.54) is 4.90 Å². The summed E-state index contributed by atoms with van der Waals surface area (Å²) in [6.45, 7) is 1.06. The van der Waals surface area contributed by atoms with Crippen LogP contribution in [-0.4, -0.2) is 73.3 Å². The lowest BCUT2D eigenvalue weighted by Gasteiger charge is -2.22. The van der Waals surface area contributed by atoms with Crippen molar-refractivity contribution in [3.63, 3.8) is 0 Å². The summed E-state index contributed by atoms with van der Waals surface area (Å²) in [6, 6.07) is 0. The van der Waals surface area contributed by atoms with Crippen LogP contribution >= 0.6 is 0 Å². The van der Waals surface area contributed by atoms with Gasteiger partial charge < -0.3 is 31.3 Å². The summed E-state index contributed by atoms with van der Waals surface area (Å²) >= 11 is 0. The second-order valence-electron chi connectivity index (χ2n) is 5.39. The second-order valence-corrected chi connectivity index (χ2v) is 5.39. The van der Waals surface area contributed by atoms with Crippen molar-refractivity contribution in [1.82, 2.24) is 20.0 Å².